The monoisotopic (exact) mass is 134 g/mol. The van der Waals surface area contributed by atoms with Crippen LogP contribution in [-0.2, 0) is 14.3 Å². The smallest absolute Gasteiger partial charge is 0.219 e. The molecule has 0 aliphatic rings. The topological polar surface area (TPSA) is 55.8 Å². The molecule has 1 N–H and O–H groups in total. The summed E-state index contributed by atoms with van der Waals surface area (Å²) in [4.78, 5) is 10.5. The lowest BCUT2D eigenvalue weighted by molar-refractivity contribution is -0.159. The molecule has 0 spiro atoms. The number of carbonyl (C=O) groups is 1. The summed E-state index contributed by atoms with van der Waals surface area (Å²) in [5.41, 5.74) is 0. The Kier molecular flexibility index (Phi) is 4.21. The number of aliphatic hydroxyl groups excluding tert-OH is 1. The summed E-state index contributed by atoms with van der Waals surface area (Å²) in [7, 11) is 2.67. The van der Waals surface area contributed by atoms with E-state index in [0.717, 1.165) is 0 Å². The van der Waals surface area contributed by atoms with Gasteiger partial charge in [-0.05, 0) is 0 Å². The van der Waals surface area contributed by atoms with Gasteiger partial charge in [-0.15, -0.1) is 0 Å². The molecule has 0 heterocycles. The molecule has 0 aliphatic heterocycles. The number of hydrogen-bond donors (Lipinski definition) is 1. The molecule has 0 aromatic carbocycles. The van der Waals surface area contributed by atoms with Crippen molar-refractivity contribution in [3.05, 3.63) is 0 Å². The molecule has 4 nitrogen and oxygen atoms in total. The molecule has 9 heavy (non-hydrogen) atoms. The van der Waals surface area contributed by atoms with Crippen LogP contribution in [0.5, 0.6) is 0 Å². The summed E-state index contributed by atoms with van der Waals surface area (Å²) in [6, 6.07) is 0. The van der Waals surface area contributed by atoms with Gasteiger partial charge in [0, 0.05) is 14.2 Å². The Morgan fingerprint density at radius 2 is 2.00 bits per heavy atom. The summed E-state index contributed by atoms with van der Waals surface area (Å²) < 4.78 is 9.04. The van der Waals surface area contributed by atoms with E-state index in [0.29, 0.717) is 0 Å². The zero-order valence-electron chi connectivity index (χ0n) is 5.46. The average Bonchev–Trinajstić information content (AvgIpc) is 1.90. The Bertz CT molecular complexity index is 87.0. The molecular weight excluding hydrogens is 124 g/mol. The van der Waals surface area contributed by atoms with Crippen LogP contribution in [-0.4, -0.2) is 38.0 Å². The van der Waals surface area contributed by atoms with Gasteiger partial charge in [-0.2, -0.15) is 0 Å². The molecule has 4 heteroatoms. The molecule has 0 fully saturated rings. The van der Waals surface area contributed by atoms with Gasteiger partial charge in [0.15, 0.2) is 0 Å². The van der Waals surface area contributed by atoms with Crippen LogP contribution < -0.4 is 0 Å². The lowest BCUT2D eigenvalue weighted by atomic mass is 10.4. The highest BCUT2D eigenvalue weighted by Gasteiger charge is 2.13. The van der Waals surface area contributed by atoms with E-state index in [4.69, 9.17) is 5.11 Å². The van der Waals surface area contributed by atoms with E-state index >= 15 is 0 Å². The Hall–Kier alpha value is -0.450. The lowest BCUT2D eigenvalue weighted by Gasteiger charge is -2.08. The predicted molar refractivity (Wildman–Crippen MR) is 29.9 cm³/mol. The van der Waals surface area contributed by atoms with Gasteiger partial charge < -0.3 is 14.6 Å². The number of ether oxygens (including phenoxy) is 2. The molecule has 0 atom stereocenters. The largest absolute Gasteiger partial charge is 0.388 e. The summed E-state index contributed by atoms with van der Waals surface area (Å²) in [6.07, 6.45) is -0.921. The van der Waals surface area contributed by atoms with E-state index in [1.54, 1.807) is 0 Å². The molecule has 0 unspecified atom stereocenters. The molecule has 54 valence electrons. The van der Waals surface area contributed by atoms with Crippen LogP contribution in [0.3, 0.4) is 0 Å². The summed E-state index contributed by atoms with van der Waals surface area (Å²) in [5.74, 6) is -0.472. The fourth-order valence-electron chi connectivity index (χ4n) is 0.434. The highest BCUT2D eigenvalue weighted by atomic mass is 16.7. The maximum absolute atomic E-state index is 10.5. The second-order valence-electron chi connectivity index (χ2n) is 1.43. The highest BCUT2D eigenvalue weighted by molar-refractivity contribution is 5.82. The number of hydrogen-bond acceptors (Lipinski definition) is 4. The number of methoxy groups -OCH3 is 2. The third-order valence-corrected chi connectivity index (χ3v) is 0.847. The SMILES string of the molecule is COC(OC)C(=O)CO. The average molecular weight is 134 g/mol. The van der Waals surface area contributed by atoms with Gasteiger partial charge in [-0.1, -0.05) is 0 Å². The number of Topliss-reactive ketones (excluding diaryl/α,β-unsaturated/α-hetero) is 1. The van der Waals surface area contributed by atoms with Crippen molar-refractivity contribution in [2.24, 2.45) is 0 Å². The minimum Gasteiger partial charge on any atom is -0.388 e. The van der Waals surface area contributed by atoms with Gasteiger partial charge in [0.05, 0.1) is 0 Å². The molecule has 0 aliphatic carbocycles. The van der Waals surface area contributed by atoms with E-state index < -0.39 is 18.7 Å². The Labute approximate surface area is 53.4 Å². The van der Waals surface area contributed by atoms with Crippen LogP contribution in [0.25, 0.3) is 0 Å². The van der Waals surface area contributed by atoms with Crippen molar-refractivity contribution < 1.29 is 19.4 Å². The molecule has 0 bridgehead atoms. The first-order valence-corrected chi connectivity index (χ1v) is 2.45. The zero-order chi connectivity index (χ0) is 7.28. The van der Waals surface area contributed by atoms with Crippen LogP contribution in [0.2, 0.25) is 0 Å². The predicted octanol–water partition coefficient (Wildman–Crippen LogP) is -0.833. The zero-order valence-corrected chi connectivity index (χ0v) is 5.46. The fraction of sp³-hybridized carbons (Fsp3) is 0.800. The van der Waals surface area contributed by atoms with Gasteiger partial charge in [-0.25, -0.2) is 0 Å². The molecule has 0 radical (unpaired) electrons. The summed E-state index contributed by atoms with van der Waals surface area (Å²) >= 11 is 0. The van der Waals surface area contributed by atoms with Gasteiger partial charge in [0.2, 0.25) is 12.1 Å². The van der Waals surface area contributed by atoms with Crippen molar-refractivity contribution >= 4 is 5.78 Å². The van der Waals surface area contributed by atoms with E-state index in [1.165, 1.54) is 14.2 Å². The second-order valence-corrected chi connectivity index (χ2v) is 1.43. The fourth-order valence-corrected chi connectivity index (χ4v) is 0.434. The Morgan fingerprint density at radius 3 is 2.11 bits per heavy atom. The maximum atomic E-state index is 10.5. The van der Waals surface area contributed by atoms with Gasteiger partial charge in [0.25, 0.3) is 0 Å². The van der Waals surface area contributed by atoms with Gasteiger partial charge in [-0.3, -0.25) is 4.79 Å². The molecule has 0 amide bonds. The standard InChI is InChI=1S/C5H10O4/c1-8-5(9-2)4(7)3-6/h5-6H,3H2,1-2H3. The number of carbonyl (C=O) groups excluding carboxylic acids is 1. The van der Waals surface area contributed by atoms with Crippen LogP contribution in [0.4, 0.5) is 0 Å². The normalized spacial score (nSPS) is 10.2. The first-order chi connectivity index (χ1) is 4.26. The Balaban J connectivity index is 3.64. The van der Waals surface area contributed by atoms with Gasteiger partial charge in [0.1, 0.15) is 6.61 Å². The van der Waals surface area contributed by atoms with Crippen LogP contribution in [0.15, 0.2) is 0 Å². The molecular formula is C5H10O4. The minimum absolute atomic E-state index is 0.472. The quantitative estimate of drug-likeness (QED) is 0.510. The van der Waals surface area contributed by atoms with Crippen molar-refractivity contribution in [2.75, 3.05) is 20.8 Å². The number of ketones is 1. The van der Waals surface area contributed by atoms with E-state index in [-0.39, 0.29) is 0 Å². The number of aliphatic hydroxyl groups is 1. The van der Waals surface area contributed by atoms with Crippen molar-refractivity contribution in [2.45, 2.75) is 6.29 Å². The molecule has 0 rings (SSSR count). The molecule has 0 aromatic rings. The number of rotatable bonds is 4. The third-order valence-electron chi connectivity index (χ3n) is 0.847. The van der Waals surface area contributed by atoms with E-state index in [2.05, 4.69) is 9.47 Å². The van der Waals surface area contributed by atoms with Crippen molar-refractivity contribution in [3.63, 3.8) is 0 Å². The van der Waals surface area contributed by atoms with Crippen molar-refractivity contribution in [1.29, 1.82) is 0 Å². The van der Waals surface area contributed by atoms with Crippen LogP contribution >= 0.6 is 0 Å². The van der Waals surface area contributed by atoms with Crippen LogP contribution in [0.1, 0.15) is 0 Å². The Morgan fingerprint density at radius 1 is 1.56 bits per heavy atom. The van der Waals surface area contributed by atoms with Crippen molar-refractivity contribution in [1.82, 2.24) is 0 Å². The summed E-state index contributed by atoms with van der Waals surface area (Å²) in [6.45, 7) is -0.549. The maximum Gasteiger partial charge on any atom is 0.219 e. The van der Waals surface area contributed by atoms with E-state index in [9.17, 15) is 4.79 Å². The molecule has 0 aromatic heterocycles. The lowest BCUT2D eigenvalue weighted by Crippen LogP contribution is -2.27. The highest BCUT2D eigenvalue weighted by Crippen LogP contribution is 1.90. The second kappa shape index (κ2) is 4.43. The first kappa shape index (κ1) is 8.55. The van der Waals surface area contributed by atoms with Gasteiger partial charge >= 0.3 is 0 Å². The molecule has 0 saturated carbocycles. The first-order valence-electron chi connectivity index (χ1n) is 2.45. The van der Waals surface area contributed by atoms with Crippen molar-refractivity contribution in [3.8, 4) is 0 Å². The van der Waals surface area contributed by atoms with Crippen LogP contribution in [0, 0.1) is 0 Å². The third kappa shape index (κ3) is 2.55. The minimum atomic E-state index is -0.921. The molecule has 0 saturated heterocycles. The van der Waals surface area contributed by atoms with E-state index in [1.807, 2.05) is 0 Å². The summed E-state index contributed by atoms with van der Waals surface area (Å²) in [5, 5.41) is 8.26.